The number of nitrogens with one attached hydrogen (secondary N) is 2. The Balaban J connectivity index is 1.73. The number of carbonyl (C=O) groups excluding carboxylic acids is 1. The summed E-state index contributed by atoms with van der Waals surface area (Å²) >= 11 is 0. The predicted octanol–water partition coefficient (Wildman–Crippen LogP) is 5.63. The Hall–Kier alpha value is -3.10. The van der Waals surface area contributed by atoms with Crippen molar-refractivity contribution in [1.82, 2.24) is 14.6 Å². The number of ketones is 1. The van der Waals surface area contributed by atoms with Crippen molar-refractivity contribution in [1.29, 1.82) is 0 Å². The van der Waals surface area contributed by atoms with Gasteiger partial charge < -0.3 is 10.6 Å². The average molecular weight is 445 g/mol. The van der Waals surface area contributed by atoms with Crippen LogP contribution < -0.4 is 10.6 Å². The van der Waals surface area contributed by atoms with Crippen molar-refractivity contribution >= 4 is 22.9 Å². The number of nitrogens with zero attached hydrogens (tertiary/aromatic N) is 3. The van der Waals surface area contributed by atoms with Crippen molar-refractivity contribution in [3.05, 3.63) is 41.6 Å². The van der Waals surface area contributed by atoms with E-state index in [0.29, 0.717) is 34.5 Å². The van der Waals surface area contributed by atoms with Gasteiger partial charge in [-0.05, 0) is 38.3 Å². The first-order valence-corrected chi connectivity index (χ1v) is 10.8. The van der Waals surface area contributed by atoms with E-state index in [-0.39, 0.29) is 12.3 Å². The Kier molecular flexibility index (Phi) is 6.08. The number of hydrogen-bond acceptors (Lipinski definition) is 5. The van der Waals surface area contributed by atoms with Gasteiger partial charge in [0.2, 0.25) is 0 Å². The van der Waals surface area contributed by atoms with Gasteiger partial charge in [-0.25, -0.2) is 9.50 Å². The smallest absolute Gasteiger partial charge is 0.382 e. The first-order chi connectivity index (χ1) is 15.2. The van der Waals surface area contributed by atoms with E-state index in [2.05, 4.69) is 15.6 Å². The van der Waals surface area contributed by atoms with E-state index in [4.69, 9.17) is 5.10 Å². The molecule has 6 nitrogen and oxygen atoms in total. The van der Waals surface area contributed by atoms with Gasteiger partial charge in [-0.15, -0.1) is 5.10 Å². The van der Waals surface area contributed by atoms with E-state index >= 15 is 0 Å². The molecule has 4 rings (SSSR count). The molecule has 0 atom stereocenters. The lowest BCUT2D eigenvalue weighted by Crippen LogP contribution is -2.18. The van der Waals surface area contributed by atoms with Crippen molar-refractivity contribution in [3.63, 3.8) is 0 Å². The third kappa shape index (κ3) is 4.87. The van der Waals surface area contributed by atoms with Gasteiger partial charge in [0.1, 0.15) is 5.82 Å². The Bertz CT molecular complexity index is 1130. The van der Waals surface area contributed by atoms with Crippen LogP contribution in [-0.4, -0.2) is 39.1 Å². The monoisotopic (exact) mass is 445 g/mol. The topological polar surface area (TPSA) is 71.3 Å². The van der Waals surface area contributed by atoms with Gasteiger partial charge in [0.15, 0.2) is 11.4 Å². The molecule has 0 bridgehead atoms. The summed E-state index contributed by atoms with van der Waals surface area (Å²) in [6.45, 7) is 3.15. The summed E-state index contributed by atoms with van der Waals surface area (Å²) in [5.41, 5.74) is 3.96. The predicted molar refractivity (Wildman–Crippen MR) is 118 cm³/mol. The van der Waals surface area contributed by atoms with Crippen LogP contribution in [0.3, 0.4) is 0 Å². The summed E-state index contributed by atoms with van der Waals surface area (Å²) in [4.78, 5) is 16.2. The Morgan fingerprint density at radius 2 is 1.97 bits per heavy atom. The van der Waals surface area contributed by atoms with Crippen molar-refractivity contribution in [2.75, 3.05) is 17.2 Å². The van der Waals surface area contributed by atoms with Gasteiger partial charge in [-0.1, -0.05) is 25.0 Å². The second-order valence-electron chi connectivity index (χ2n) is 8.33. The van der Waals surface area contributed by atoms with Crippen LogP contribution >= 0.6 is 0 Å². The van der Waals surface area contributed by atoms with E-state index in [1.807, 2.05) is 19.1 Å². The maximum Gasteiger partial charge on any atom is 0.390 e. The molecule has 2 heterocycles. The number of alkyl halides is 3. The number of benzene rings is 1. The third-order valence-corrected chi connectivity index (χ3v) is 5.80. The molecule has 1 aliphatic rings. The Morgan fingerprint density at radius 1 is 1.22 bits per heavy atom. The number of rotatable bonds is 7. The molecule has 1 aromatic carbocycles. The molecule has 0 aliphatic heterocycles. The van der Waals surface area contributed by atoms with Gasteiger partial charge >= 0.3 is 6.18 Å². The quantitative estimate of drug-likeness (QED) is 0.462. The first kappa shape index (κ1) is 22.1. The van der Waals surface area contributed by atoms with E-state index in [0.717, 1.165) is 36.8 Å². The minimum atomic E-state index is -4.24. The molecule has 1 aliphatic carbocycles. The van der Waals surface area contributed by atoms with Crippen molar-refractivity contribution < 1.29 is 18.0 Å². The van der Waals surface area contributed by atoms with Crippen LogP contribution in [0, 0.1) is 6.92 Å². The number of hydrogen-bond donors (Lipinski definition) is 2. The van der Waals surface area contributed by atoms with Gasteiger partial charge in [0, 0.05) is 29.8 Å². The molecule has 170 valence electrons. The first-order valence-electron chi connectivity index (χ1n) is 10.8. The van der Waals surface area contributed by atoms with Crippen LogP contribution in [-0.2, 0) is 0 Å². The number of halogens is 3. The molecule has 0 spiro atoms. The highest BCUT2D eigenvalue weighted by Gasteiger charge is 2.26. The fourth-order valence-corrected chi connectivity index (χ4v) is 4.20. The van der Waals surface area contributed by atoms with Crippen LogP contribution in [0.15, 0.2) is 30.5 Å². The lowest BCUT2D eigenvalue weighted by Gasteiger charge is -2.16. The fourth-order valence-electron chi connectivity index (χ4n) is 4.20. The second-order valence-corrected chi connectivity index (χ2v) is 8.33. The summed E-state index contributed by atoms with van der Waals surface area (Å²) in [6, 6.07) is 7.53. The minimum absolute atomic E-state index is 0.00971. The van der Waals surface area contributed by atoms with Gasteiger partial charge in [0.25, 0.3) is 0 Å². The maximum atomic E-state index is 12.7. The van der Waals surface area contributed by atoms with Gasteiger partial charge in [-0.2, -0.15) is 13.2 Å². The van der Waals surface area contributed by atoms with E-state index in [9.17, 15) is 18.0 Å². The minimum Gasteiger partial charge on any atom is -0.382 e. The number of carbonyl (C=O) groups is 1. The largest absolute Gasteiger partial charge is 0.390 e. The highest BCUT2D eigenvalue weighted by atomic mass is 19.4. The van der Waals surface area contributed by atoms with Gasteiger partial charge in [-0.3, -0.25) is 4.79 Å². The standard InChI is InChI=1S/C23H26F3N5O/c1-14-11-16(7-8-18(14)15(2)32)20-13-28-22-19(27-10-9-23(24,25)26)12-21(30-31(20)22)29-17-5-3-4-6-17/h7-8,11-13,17,27H,3-6,9-10H2,1-2H3,(H,29,30). The molecule has 0 saturated heterocycles. The summed E-state index contributed by atoms with van der Waals surface area (Å²) < 4.78 is 39.6. The number of aryl methyl sites for hydroxylation is 1. The van der Waals surface area contributed by atoms with Crippen LogP contribution in [0.2, 0.25) is 0 Å². The van der Waals surface area contributed by atoms with Crippen LogP contribution in [0.25, 0.3) is 16.9 Å². The molecule has 9 heteroatoms. The summed E-state index contributed by atoms with van der Waals surface area (Å²) in [6.07, 6.45) is 0.851. The molecule has 2 N–H and O–H groups in total. The van der Waals surface area contributed by atoms with E-state index in [1.54, 1.807) is 22.8 Å². The third-order valence-electron chi connectivity index (χ3n) is 5.80. The average Bonchev–Trinajstić information content (AvgIpc) is 3.36. The van der Waals surface area contributed by atoms with Crippen molar-refractivity contribution in [2.24, 2.45) is 0 Å². The molecule has 1 saturated carbocycles. The maximum absolute atomic E-state index is 12.7. The molecular weight excluding hydrogens is 419 g/mol. The van der Waals surface area contributed by atoms with E-state index in [1.165, 1.54) is 6.92 Å². The second kappa shape index (κ2) is 8.80. The molecule has 0 amide bonds. The number of Topliss-reactive ketones (excluding diaryl/α,β-unsaturated/α-hetero) is 1. The molecule has 3 aromatic rings. The normalized spacial score (nSPS) is 14.8. The van der Waals surface area contributed by atoms with Crippen molar-refractivity contribution in [3.8, 4) is 11.3 Å². The van der Waals surface area contributed by atoms with E-state index < -0.39 is 12.6 Å². The highest BCUT2D eigenvalue weighted by molar-refractivity contribution is 5.96. The number of imidazole rings is 1. The fraction of sp³-hybridized carbons (Fsp3) is 0.435. The van der Waals surface area contributed by atoms with Gasteiger partial charge in [0.05, 0.1) is 24.0 Å². The van der Waals surface area contributed by atoms with Crippen molar-refractivity contribution in [2.45, 2.75) is 58.2 Å². The Labute approximate surface area is 184 Å². The molecule has 1 fully saturated rings. The molecule has 2 aromatic heterocycles. The summed E-state index contributed by atoms with van der Waals surface area (Å²) in [7, 11) is 0. The number of fused-ring (bicyclic) bond motifs is 1. The zero-order valence-corrected chi connectivity index (χ0v) is 18.1. The lowest BCUT2D eigenvalue weighted by atomic mass is 10.0. The molecule has 32 heavy (non-hydrogen) atoms. The lowest BCUT2D eigenvalue weighted by molar-refractivity contribution is -0.131. The zero-order chi connectivity index (χ0) is 22.9. The number of aromatic nitrogens is 3. The Morgan fingerprint density at radius 3 is 2.62 bits per heavy atom. The van der Waals surface area contributed by atoms with Crippen LogP contribution in [0.5, 0.6) is 0 Å². The molecular formula is C23H26F3N5O. The van der Waals surface area contributed by atoms with Crippen LogP contribution in [0.4, 0.5) is 24.7 Å². The SMILES string of the molecule is CC(=O)c1ccc(-c2cnc3c(NCCC(F)(F)F)cc(NC4CCCC4)nn23)cc1C. The molecule has 0 radical (unpaired) electrons. The molecule has 0 unspecified atom stereocenters. The highest BCUT2D eigenvalue weighted by Crippen LogP contribution is 2.29. The van der Waals surface area contributed by atoms with Crippen LogP contribution in [0.1, 0.15) is 54.9 Å². The zero-order valence-electron chi connectivity index (χ0n) is 18.1. The number of anilines is 2. The summed E-state index contributed by atoms with van der Waals surface area (Å²) in [5, 5.41) is 11.0. The summed E-state index contributed by atoms with van der Waals surface area (Å²) in [5.74, 6) is 0.583.